The van der Waals surface area contributed by atoms with Gasteiger partial charge in [0.25, 0.3) is 0 Å². The number of fused-ring (bicyclic) bond motifs is 1. The third kappa shape index (κ3) is 2.36. The van der Waals surface area contributed by atoms with Crippen molar-refractivity contribution in [3.63, 3.8) is 0 Å². The zero-order valence-electron chi connectivity index (χ0n) is 9.74. The maximum Gasteiger partial charge on any atom is 0.336 e. The van der Waals surface area contributed by atoms with E-state index in [1.165, 1.54) is 6.07 Å². The molecule has 4 heteroatoms. The molecule has 2 rings (SSSR count). The first-order chi connectivity index (χ1) is 8.10. The van der Waals surface area contributed by atoms with Crippen LogP contribution in [0.15, 0.2) is 33.5 Å². The zero-order chi connectivity index (χ0) is 12.4. The van der Waals surface area contributed by atoms with Crippen molar-refractivity contribution in [2.75, 3.05) is 5.32 Å². The normalized spacial score (nSPS) is 10.5. The molecule has 4 nitrogen and oxygen atoms in total. The summed E-state index contributed by atoms with van der Waals surface area (Å²) >= 11 is 0. The van der Waals surface area contributed by atoms with Crippen LogP contribution in [0.4, 0.5) is 5.69 Å². The Morgan fingerprint density at radius 1 is 1.35 bits per heavy atom. The van der Waals surface area contributed by atoms with E-state index in [4.69, 9.17) is 4.42 Å². The average molecular weight is 231 g/mol. The number of carbonyl (C=O) groups excluding carboxylic acids is 1. The van der Waals surface area contributed by atoms with Crippen LogP contribution in [0.1, 0.15) is 18.9 Å². The smallest absolute Gasteiger partial charge is 0.336 e. The molecule has 88 valence electrons. The molecule has 0 atom stereocenters. The summed E-state index contributed by atoms with van der Waals surface area (Å²) in [6.45, 7) is 3.63. The minimum Gasteiger partial charge on any atom is -0.423 e. The fraction of sp³-hybridized carbons (Fsp3) is 0.231. The van der Waals surface area contributed by atoms with Gasteiger partial charge in [-0.3, -0.25) is 4.79 Å². The van der Waals surface area contributed by atoms with Gasteiger partial charge in [-0.25, -0.2) is 4.79 Å². The summed E-state index contributed by atoms with van der Waals surface area (Å²) in [6, 6.07) is 6.74. The summed E-state index contributed by atoms with van der Waals surface area (Å²) < 4.78 is 5.09. The quantitative estimate of drug-likeness (QED) is 0.807. The van der Waals surface area contributed by atoms with Crippen LogP contribution in [0.25, 0.3) is 11.0 Å². The molecule has 2 aromatic rings. The van der Waals surface area contributed by atoms with Gasteiger partial charge in [-0.1, -0.05) is 6.92 Å². The van der Waals surface area contributed by atoms with Gasteiger partial charge in [-0.15, -0.1) is 0 Å². The van der Waals surface area contributed by atoms with Crippen molar-refractivity contribution >= 4 is 22.6 Å². The summed E-state index contributed by atoms with van der Waals surface area (Å²) in [4.78, 5) is 22.5. The SMILES string of the molecule is CCC(=O)Nc1ccc2c(C)cc(=O)oc2c1. The van der Waals surface area contributed by atoms with E-state index in [0.29, 0.717) is 17.7 Å². The first-order valence-corrected chi connectivity index (χ1v) is 5.44. The van der Waals surface area contributed by atoms with Crippen LogP contribution in [0, 0.1) is 6.92 Å². The first-order valence-electron chi connectivity index (χ1n) is 5.44. The van der Waals surface area contributed by atoms with Crippen LogP contribution >= 0.6 is 0 Å². The van der Waals surface area contributed by atoms with Gasteiger partial charge in [-0.2, -0.15) is 0 Å². The van der Waals surface area contributed by atoms with Crippen LogP contribution < -0.4 is 10.9 Å². The van der Waals surface area contributed by atoms with Crippen molar-refractivity contribution < 1.29 is 9.21 Å². The largest absolute Gasteiger partial charge is 0.423 e. The molecule has 1 heterocycles. The molecule has 0 saturated carbocycles. The van der Waals surface area contributed by atoms with Gasteiger partial charge in [0.2, 0.25) is 5.91 Å². The van der Waals surface area contributed by atoms with E-state index in [2.05, 4.69) is 5.32 Å². The van der Waals surface area contributed by atoms with Crippen molar-refractivity contribution in [3.8, 4) is 0 Å². The first kappa shape index (κ1) is 11.4. The maximum atomic E-state index is 11.2. The highest BCUT2D eigenvalue weighted by Crippen LogP contribution is 2.20. The molecule has 0 radical (unpaired) electrons. The minimum atomic E-state index is -0.381. The molecule has 0 saturated heterocycles. The molecule has 1 aromatic carbocycles. The van der Waals surface area contributed by atoms with Gasteiger partial charge in [0, 0.05) is 29.6 Å². The second-order valence-electron chi connectivity index (χ2n) is 3.86. The Morgan fingerprint density at radius 2 is 2.12 bits per heavy atom. The average Bonchev–Trinajstić information content (AvgIpc) is 2.28. The molecule has 0 aliphatic heterocycles. The molecule has 1 amide bonds. The lowest BCUT2D eigenvalue weighted by molar-refractivity contribution is -0.115. The zero-order valence-corrected chi connectivity index (χ0v) is 9.74. The molecule has 0 aliphatic rings. The highest BCUT2D eigenvalue weighted by molar-refractivity contribution is 5.93. The van der Waals surface area contributed by atoms with Crippen LogP contribution in [0.5, 0.6) is 0 Å². The molecular formula is C13H13NO3. The van der Waals surface area contributed by atoms with E-state index in [9.17, 15) is 9.59 Å². The van der Waals surface area contributed by atoms with Gasteiger partial charge >= 0.3 is 5.63 Å². The minimum absolute atomic E-state index is 0.0700. The van der Waals surface area contributed by atoms with Gasteiger partial charge in [0.1, 0.15) is 5.58 Å². The standard InChI is InChI=1S/C13H13NO3/c1-3-12(15)14-9-4-5-10-8(2)6-13(16)17-11(10)7-9/h4-7H,3H2,1-2H3,(H,14,15). The number of aryl methyl sites for hydroxylation is 1. The van der Waals surface area contributed by atoms with E-state index in [1.807, 2.05) is 13.0 Å². The Bertz CT molecular complexity index is 628. The van der Waals surface area contributed by atoms with E-state index in [0.717, 1.165) is 10.9 Å². The lowest BCUT2D eigenvalue weighted by Crippen LogP contribution is -2.09. The number of amides is 1. The third-order valence-corrected chi connectivity index (χ3v) is 2.56. The fourth-order valence-corrected chi connectivity index (χ4v) is 1.65. The van der Waals surface area contributed by atoms with E-state index in [-0.39, 0.29) is 11.5 Å². The van der Waals surface area contributed by atoms with Crippen molar-refractivity contribution in [1.82, 2.24) is 0 Å². The summed E-state index contributed by atoms with van der Waals surface area (Å²) in [5.74, 6) is -0.0700. The predicted octanol–water partition coefficient (Wildman–Crippen LogP) is 2.45. The van der Waals surface area contributed by atoms with Gasteiger partial charge < -0.3 is 9.73 Å². The maximum absolute atomic E-state index is 11.2. The van der Waals surface area contributed by atoms with Gasteiger partial charge in [0.15, 0.2) is 0 Å². The summed E-state index contributed by atoms with van der Waals surface area (Å²) in [7, 11) is 0. The Labute approximate surface area is 98.3 Å². The molecule has 1 N–H and O–H groups in total. The molecule has 1 aromatic heterocycles. The summed E-state index contributed by atoms with van der Waals surface area (Å²) in [5.41, 5.74) is 1.61. The second-order valence-corrected chi connectivity index (χ2v) is 3.86. The second kappa shape index (κ2) is 4.41. The van der Waals surface area contributed by atoms with Crippen molar-refractivity contribution in [3.05, 3.63) is 40.2 Å². The van der Waals surface area contributed by atoms with E-state index in [1.54, 1.807) is 19.1 Å². The van der Waals surface area contributed by atoms with Crippen LogP contribution in [-0.4, -0.2) is 5.91 Å². The van der Waals surface area contributed by atoms with Crippen LogP contribution in [-0.2, 0) is 4.79 Å². The third-order valence-electron chi connectivity index (χ3n) is 2.56. The molecule has 17 heavy (non-hydrogen) atoms. The Balaban J connectivity index is 2.50. The number of hydrogen-bond acceptors (Lipinski definition) is 3. The predicted molar refractivity (Wildman–Crippen MR) is 66.1 cm³/mol. The Hall–Kier alpha value is -2.10. The fourth-order valence-electron chi connectivity index (χ4n) is 1.65. The molecule has 0 unspecified atom stereocenters. The topological polar surface area (TPSA) is 59.3 Å². The highest BCUT2D eigenvalue weighted by Gasteiger charge is 2.04. The molecule has 0 bridgehead atoms. The van der Waals surface area contributed by atoms with E-state index >= 15 is 0 Å². The number of anilines is 1. The number of rotatable bonds is 2. The van der Waals surface area contributed by atoms with Crippen LogP contribution in [0.2, 0.25) is 0 Å². The lowest BCUT2D eigenvalue weighted by atomic mass is 10.1. The van der Waals surface area contributed by atoms with Crippen LogP contribution in [0.3, 0.4) is 0 Å². The Morgan fingerprint density at radius 3 is 2.82 bits per heavy atom. The molecule has 0 aliphatic carbocycles. The number of hydrogen-bond donors (Lipinski definition) is 1. The highest BCUT2D eigenvalue weighted by atomic mass is 16.4. The van der Waals surface area contributed by atoms with Crippen molar-refractivity contribution in [2.45, 2.75) is 20.3 Å². The molecular weight excluding hydrogens is 218 g/mol. The number of benzene rings is 1. The monoisotopic (exact) mass is 231 g/mol. The molecule has 0 spiro atoms. The lowest BCUT2D eigenvalue weighted by Gasteiger charge is -2.05. The van der Waals surface area contributed by atoms with Crippen molar-refractivity contribution in [1.29, 1.82) is 0 Å². The van der Waals surface area contributed by atoms with E-state index < -0.39 is 0 Å². The number of nitrogens with one attached hydrogen (secondary N) is 1. The Kier molecular flexibility index (Phi) is 2.95. The molecule has 0 fully saturated rings. The van der Waals surface area contributed by atoms with Gasteiger partial charge in [-0.05, 0) is 24.6 Å². The van der Waals surface area contributed by atoms with Crippen molar-refractivity contribution in [2.24, 2.45) is 0 Å². The summed E-state index contributed by atoms with van der Waals surface area (Å²) in [6.07, 6.45) is 0.413. The summed E-state index contributed by atoms with van der Waals surface area (Å²) in [5, 5.41) is 3.60. The number of carbonyl (C=O) groups is 1. The van der Waals surface area contributed by atoms with Gasteiger partial charge in [0.05, 0.1) is 0 Å².